The zero-order valence-electron chi connectivity index (χ0n) is 10.7. The molecule has 2 unspecified atom stereocenters. The zero-order valence-corrected chi connectivity index (χ0v) is 10.7. The molecule has 6 nitrogen and oxygen atoms in total. The normalized spacial score (nSPS) is 14.3. The number of nitrogens with one attached hydrogen (secondary N) is 1. The molecule has 1 aromatic heterocycles. The summed E-state index contributed by atoms with van der Waals surface area (Å²) in [5.74, 6) is -0.505. The average molecular weight is 257 g/mol. The molecule has 0 amide bonds. The number of carbonyl (C=O) groups excluding carboxylic acids is 1. The predicted molar refractivity (Wildman–Crippen MR) is 64.3 cm³/mol. The summed E-state index contributed by atoms with van der Waals surface area (Å²) in [6.45, 7) is 4.73. The second kappa shape index (κ2) is 5.99. The van der Waals surface area contributed by atoms with Crippen molar-refractivity contribution in [3.63, 3.8) is 0 Å². The second-order valence-corrected chi connectivity index (χ2v) is 4.08. The summed E-state index contributed by atoms with van der Waals surface area (Å²) >= 11 is 0. The van der Waals surface area contributed by atoms with Crippen LogP contribution in [0.2, 0.25) is 0 Å². The van der Waals surface area contributed by atoms with Gasteiger partial charge in [0.25, 0.3) is 0 Å². The van der Waals surface area contributed by atoms with Crippen molar-refractivity contribution >= 4 is 5.97 Å². The van der Waals surface area contributed by atoms with Gasteiger partial charge in [-0.2, -0.15) is 0 Å². The van der Waals surface area contributed by atoms with Gasteiger partial charge in [-0.05, 0) is 26.3 Å². The number of aromatic nitrogens is 1. The van der Waals surface area contributed by atoms with Crippen molar-refractivity contribution < 1.29 is 24.9 Å². The van der Waals surface area contributed by atoms with E-state index in [1.54, 1.807) is 20.8 Å². The monoisotopic (exact) mass is 257 g/mol. The Morgan fingerprint density at radius 2 is 2.00 bits per heavy atom. The quantitative estimate of drug-likeness (QED) is 0.564. The first-order valence-corrected chi connectivity index (χ1v) is 5.77. The Hall–Kier alpha value is -1.37. The molecule has 0 aliphatic heterocycles. The lowest BCUT2D eigenvalue weighted by atomic mass is 10.0. The minimum absolute atomic E-state index is 0.257. The largest absolute Gasteiger partial charge is 0.461 e. The van der Waals surface area contributed by atoms with Gasteiger partial charge in [-0.15, -0.1) is 0 Å². The summed E-state index contributed by atoms with van der Waals surface area (Å²) in [4.78, 5) is 14.5. The van der Waals surface area contributed by atoms with Crippen LogP contribution in [0.3, 0.4) is 0 Å². The molecule has 102 valence electrons. The van der Waals surface area contributed by atoms with E-state index in [0.29, 0.717) is 16.8 Å². The number of hydrogen-bond donors (Lipinski definition) is 4. The average Bonchev–Trinajstić information content (AvgIpc) is 2.63. The molecule has 0 aliphatic rings. The van der Waals surface area contributed by atoms with E-state index in [1.807, 2.05) is 0 Å². The van der Waals surface area contributed by atoms with Crippen LogP contribution in [0.15, 0.2) is 0 Å². The number of ether oxygens (including phenoxy) is 1. The Morgan fingerprint density at radius 1 is 1.39 bits per heavy atom. The Balaban J connectivity index is 3.12. The number of carbonyl (C=O) groups is 1. The summed E-state index contributed by atoms with van der Waals surface area (Å²) in [6, 6.07) is 0. The fraction of sp³-hybridized carbons (Fsp3) is 0.583. The van der Waals surface area contributed by atoms with E-state index in [0.717, 1.165) is 0 Å². The molecule has 0 aliphatic carbocycles. The molecular weight excluding hydrogens is 238 g/mol. The highest BCUT2D eigenvalue weighted by atomic mass is 16.5. The minimum atomic E-state index is -1.28. The summed E-state index contributed by atoms with van der Waals surface area (Å²) in [5, 5.41) is 28.2. The summed E-state index contributed by atoms with van der Waals surface area (Å²) in [7, 11) is 0. The lowest BCUT2D eigenvalue weighted by molar-refractivity contribution is -0.0157. The SMILES string of the molecule is CCOC(=O)c1[nH]c(C)c(C(O)C(O)CO)c1C. The van der Waals surface area contributed by atoms with Gasteiger partial charge >= 0.3 is 5.97 Å². The van der Waals surface area contributed by atoms with Gasteiger partial charge in [0.2, 0.25) is 0 Å². The number of esters is 1. The first-order valence-electron chi connectivity index (χ1n) is 5.77. The molecule has 0 fully saturated rings. The van der Waals surface area contributed by atoms with Gasteiger partial charge in [-0.1, -0.05) is 0 Å². The molecule has 4 N–H and O–H groups in total. The van der Waals surface area contributed by atoms with Gasteiger partial charge in [0.15, 0.2) is 0 Å². The smallest absolute Gasteiger partial charge is 0.355 e. The maximum absolute atomic E-state index is 11.6. The maximum Gasteiger partial charge on any atom is 0.355 e. The van der Waals surface area contributed by atoms with Crippen molar-refractivity contribution in [1.29, 1.82) is 0 Å². The fourth-order valence-electron chi connectivity index (χ4n) is 1.91. The van der Waals surface area contributed by atoms with Gasteiger partial charge < -0.3 is 25.0 Å². The van der Waals surface area contributed by atoms with Crippen LogP contribution >= 0.6 is 0 Å². The molecule has 18 heavy (non-hydrogen) atoms. The van der Waals surface area contributed by atoms with E-state index >= 15 is 0 Å². The molecule has 0 aromatic carbocycles. The standard InChI is InChI=1S/C12H19NO5/c1-4-18-12(17)10-6(2)9(7(3)13-10)11(16)8(15)5-14/h8,11,13-16H,4-5H2,1-3H3. The topological polar surface area (TPSA) is 103 Å². The number of aliphatic hydroxyl groups is 3. The van der Waals surface area contributed by atoms with Crippen LogP contribution in [-0.4, -0.2) is 45.6 Å². The van der Waals surface area contributed by atoms with Gasteiger partial charge in [0.05, 0.1) is 13.2 Å². The second-order valence-electron chi connectivity index (χ2n) is 4.08. The van der Waals surface area contributed by atoms with E-state index < -0.39 is 24.8 Å². The predicted octanol–water partition coefficient (Wildman–Crippen LogP) is 0.195. The third-order valence-electron chi connectivity index (χ3n) is 2.82. The first-order chi connectivity index (χ1) is 8.43. The third kappa shape index (κ3) is 2.72. The van der Waals surface area contributed by atoms with Crippen LogP contribution in [-0.2, 0) is 4.74 Å². The van der Waals surface area contributed by atoms with Crippen molar-refractivity contribution in [2.75, 3.05) is 13.2 Å². The van der Waals surface area contributed by atoms with E-state index in [-0.39, 0.29) is 12.3 Å². The highest BCUT2D eigenvalue weighted by Gasteiger charge is 2.26. The van der Waals surface area contributed by atoms with Gasteiger partial charge in [0, 0.05) is 11.3 Å². The maximum atomic E-state index is 11.6. The first kappa shape index (κ1) is 14.7. The van der Waals surface area contributed by atoms with Crippen molar-refractivity contribution in [2.45, 2.75) is 33.0 Å². The highest BCUT2D eigenvalue weighted by Crippen LogP contribution is 2.27. The number of H-pyrrole nitrogens is 1. The summed E-state index contributed by atoms with van der Waals surface area (Å²) in [5.41, 5.74) is 1.76. The zero-order chi connectivity index (χ0) is 13.9. The van der Waals surface area contributed by atoms with Crippen LogP contribution in [0.1, 0.15) is 40.3 Å². The molecule has 0 radical (unpaired) electrons. The molecule has 0 saturated heterocycles. The fourth-order valence-corrected chi connectivity index (χ4v) is 1.91. The van der Waals surface area contributed by atoms with Crippen molar-refractivity contribution in [1.82, 2.24) is 4.98 Å². The van der Waals surface area contributed by atoms with Gasteiger partial charge in [-0.3, -0.25) is 0 Å². The number of aryl methyl sites for hydroxylation is 1. The molecule has 1 heterocycles. The van der Waals surface area contributed by atoms with E-state index in [9.17, 15) is 15.0 Å². The number of hydrogen-bond acceptors (Lipinski definition) is 5. The molecule has 6 heteroatoms. The van der Waals surface area contributed by atoms with Crippen LogP contribution in [0.5, 0.6) is 0 Å². The van der Waals surface area contributed by atoms with Crippen LogP contribution in [0, 0.1) is 13.8 Å². The van der Waals surface area contributed by atoms with Gasteiger partial charge in [0.1, 0.15) is 17.9 Å². The van der Waals surface area contributed by atoms with Crippen LogP contribution in [0.25, 0.3) is 0 Å². The number of aliphatic hydroxyl groups excluding tert-OH is 3. The minimum Gasteiger partial charge on any atom is -0.461 e. The number of rotatable bonds is 5. The summed E-state index contributed by atoms with van der Waals surface area (Å²) in [6.07, 6.45) is -2.53. The van der Waals surface area contributed by atoms with Gasteiger partial charge in [-0.25, -0.2) is 4.79 Å². The van der Waals surface area contributed by atoms with Crippen LogP contribution < -0.4 is 0 Å². The molecule has 0 bridgehead atoms. The lowest BCUT2D eigenvalue weighted by Gasteiger charge is -2.16. The lowest BCUT2D eigenvalue weighted by Crippen LogP contribution is -2.23. The molecule has 1 aromatic rings. The molecular formula is C12H19NO5. The Labute approximate surface area is 105 Å². The van der Waals surface area contributed by atoms with E-state index in [1.165, 1.54) is 0 Å². The summed E-state index contributed by atoms with van der Waals surface area (Å²) < 4.78 is 4.88. The Bertz CT molecular complexity index is 426. The third-order valence-corrected chi connectivity index (χ3v) is 2.82. The molecule has 2 atom stereocenters. The molecule has 0 saturated carbocycles. The number of aromatic amines is 1. The Kier molecular flexibility index (Phi) is 4.89. The van der Waals surface area contributed by atoms with Crippen LogP contribution in [0.4, 0.5) is 0 Å². The van der Waals surface area contributed by atoms with Crippen molar-refractivity contribution in [3.8, 4) is 0 Å². The van der Waals surface area contributed by atoms with E-state index in [4.69, 9.17) is 9.84 Å². The highest BCUT2D eigenvalue weighted by molar-refractivity contribution is 5.89. The van der Waals surface area contributed by atoms with Crippen molar-refractivity contribution in [2.24, 2.45) is 0 Å². The van der Waals surface area contributed by atoms with E-state index in [2.05, 4.69) is 4.98 Å². The Morgan fingerprint density at radius 3 is 2.50 bits per heavy atom. The molecule has 0 spiro atoms. The molecule has 1 rings (SSSR count). The van der Waals surface area contributed by atoms with Crippen molar-refractivity contribution in [3.05, 3.63) is 22.5 Å².